The Labute approximate surface area is 247 Å². The molecule has 0 fully saturated rings. The topological polar surface area (TPSA) is 0 Å². The van der Waals surface area contributed by atoms with E-state index in [-0.39, 0.29) is 16.7 Å². The van der Waals surface area contributed by atoms with Gasteiger partial charge in [0.1, 0.15) is 0 Å². The molecule has 0 saturated heterocycles. The van der Waals surface area contributed by atoms with Gasteiger partial charge in [0.15, 0.2) is 0 Å². The minimum Gasteiger partial charge on any atom is -0.0983 e. The molecule has 0 heteroatoms. The van der Waals surface area contributed by atoms with Crippen molar-refractivity contribution in [2.45, 2.75) is 114 Å². The van der Waals surface area contributed by atoms with Crippen molar-refractivity contribution in [1.29, 1.82) is 0 Å². The highest BCUT2D eigenvalue weighted by atomic mass is 14.3. The molecule has 1 unspecified atom stereocenters. The molecule has 214 valence electrons. The van der Waals surface area contributed by atoms with Crippen LogP contribution in [-0.2, 0) is 0 Å². The van der Waals surface area contributed by atoms with E-state index in [4.69, 9.17) is 0 Å². The maximum atomic E-state index is 3.40. The summed E-state index contributed by atoms with van der Waals surface area (Å²) in [4.78, 5) is 0. The second kappa shape index (κ2) is 15.7. The Morgan fingerprint density at radius 3 is 2.02 bits per heavy atom. The third-order valence-corrected chi connectivity index (χ3v) is 8.25. The number of hydrogen-bond acceptors (Lipinski definition) is 0. The van der Waals surface area contributed by atoms with Crippen LogP contribution in [0.15, 0.2) is 93.7 Å². The molecule has 0 aliphatic heterocycles. The second-order valence-corrected chi connectivity index (χ2v) is 13.2. The van der Waals surface area contributed by atoms with Crippen molar-refractivity contribution in [3.05, 3.63) is 93.7 Å². The molecule has 40 heavy (non-hydrogen) atoms. The highest BCUT2D eigenvalue weighted by molar-refractivity contribution is 5.40. The summed E-state index contributed by atoms with van der Waals surface area (Å²) in [5.74, 6) is 13.5. The lowest BCUT2D eigenvalue weighted by atomic mass is 9.72. The van der Waals surface area contributed by atoms with Crippen LogP contribution in [-0.4, -0.2) is 0 Å². The SMILES string of the molecule is CC1=C(/C=C/C(C)=C/C#C/C(C)=C/C=C/C=C(\C)CC#CC(C)/C=C/C2=C(C)CCCC2(C)C)C(C)(C)CCC1. The van der Waals surface area contributed by atoms with Gasteiger partial charge >= 0.3 is 0 Å². The fraction of sp³-hybridized carbons (Fsp3) is 0.500. The van der Waals surface area contributed by atoms with Crippen LogP contribution in [0.2, 0.25) is 0 Å². The van der Waals surface area contributed by atoms with E-state index in [1.165, 1.54) is 66.4 Å². The molecule has 0 aromatic carbocycles. The molecule has 0 N–H and O–H groups in total. The Morgan fingerprint density at radius 2 is 1.43 bits per heavy atom. The summed E-state index contributed by atoms with van der Waals surface area (Å²) in [5.41, 5.74) is 10.1. The lowest BCUT2D eigenvalue weighted by Gasteiger charge is -2.33. The summed E-state index contributed by atoms with van der Waals surface area (Å²) in [5, 5.41) is 0. The quantitative estimate of drug-likeness (QED) is 0.225. The average molecular weight is 535 g/mol. The van der Waals surface area contributed by atoms with Gasteiger partial charge in [-0.25, -0.2) is 0 Å². The van der Waals surface area contributed by atoms with E-state index in [9.17, 15) is 0 Å². The molecule has 0 spiro atoms. The van der Waals surface area contributed by atoms with E-state index in [1.54, 1.807) is 5.57 Å². The van der Waals surface area contributed by atoms with Crippen LogP contribution in [0, 0.1) is 40.4 Å². The monoisotopic (exact) mass is 534 g/mol. The summed E-state index contributed by atoms with van der Waals surface area (Å²) in [6, 6.07) is 0. The van der Waals surface area contributed by atoms with Crippen molar-refractivity contribution < 1.29 is 0 Å². The van der Waals surface area contributed by atoms with Crippen LogP contribution in [0.3, 0.4) is 0 Å². The molecule has 0 aromatic heterocycles. The molecule has 2 rings (SSSR count). The zero-order valence-corrected chi connectivity index (χ0v) is 27.2. The Hall–Kier alpha value is -2.96. The van der Waals surface area contributed by atoms with Crippen LogP contribution in [0.1, 0.15) is 114 Å². The molecule has 0 amide bonds. The lowest BCUT2D eigenvalue weighted by Crippen LogP contribution is -2.19. The smallest absolute Gasteiger partial charge is 0.0357 e. The summed E-state index contributed by atoms with van der Waals surface area (Å²) in [7, 11) is 0. The molecule has 2 aliphatic rings. The van der Waals surface area contributed by atoms with Crippen molar-refractivity contribution in [2.75, 3.05) is 0 Å². The first-order valence-corrected chi connectivity index (χ1v) is 15.3. The third-order valence-electron chi connectivity index (χ3n) is 8.25. The first-order valence-electron chi connectivity index (χ1n) is 15.3. The molecule has 0 radical (unpaired) electrons. The molecular weight excluding hydrogens is 480 g/mol. The first-order chi connectivity index (χ1) is 18.8. The molecular formula is C40H54. The van der Waals surface area contributed by atoms with E-state index in [0.717, 1.165) is 12.0 Å². The maximum absolute atomic E-state index is 3.40. The molecule has 2 aliphatic carbocycles. The van der Waals surface area contributed by atoms with Gasteiger partial charge in [0.05, 0.1) is 0 Å². The minimum atomic E-state index is 0.263. The molecule has 0 nitrogen and oxygen atoms in total. The Morgan fingerprint density at radius 1 is 0.850 bits per heavy atom. The van der Waals surface area contributed by atoms with Gasteiger partial charge in [0.2, 0.25) is 0 Å². The van der Waals surface area contributed by atoms with Crippen molar-refractivity contribution in [2.24, 2.45) is 16.7 Å². The molecule has 0 saturated carbocycles. The summed E-state index contributed by atoms with van der Waals surface area (Å²) >= 11 is 0. The Bertz CT molecular complexity index is 1260. The third kappa shape index (κ3) is 11.3. The van der Waals surface area contributed by atoms with Crippen LogP contribution < -0.4 is 0 Å². The van der Waals surface area contributed by atoms with Gasteiger partial charge < -0.3 is 0 Å². The van der Waals surface area contributed by atoms with Gasteiger partial charge in [-0.3, -0.25) is 0 Å². The zero-order chi connectivity index (χ0) is 29.8. The molecule has 0 aromatic rings. The Kier molecular flexibility index (Phi) is 13.1. The van der Waals surface area contributed by atoms with E-state index >= 15 is 0 Å². The van der Waals surface area contributed by atoms with Gasteiger partial charge in [-0.05, 0) is 119 Å². The number of allylic oxidation sites excluding steroid dienone is 16. The van der Waals surface area contributed by atoms with E-state index in [0.29, 0.717) is 0 Å². The largest absolute Gasteiger partial charge is 0.0983 e. The van der Waals surface area contributed by atoms with Crippen molar-refractivity contribution in [3.8, 4) is 23.7 Å². The lowest BCUT2D eigenvalue weighted by molar-refractivity contribution is 0.376. The van der Waals surface area contributed by atoms with Crippen molar-refractivity contribution in [3.63, 3.8) is 0 Å². The van der Waals surface area contributed by atoms with E-state index in [2.05, 4.69) is 142 Å². The van der Waals surface area contributed by atoms with Gasteiger partial charge in [0, 0.05) is 12.3 Å². The number of rotatable bonds is 7. The summed E-state index contributed by atoms with van der Waals surface area (Å²) in [6.45, 7) is 22.5. The standard InChI is InChI=1S/C40H54/c1-31(19-13-21-33(3)25-27-37-35(5)23-15-29-39(37,7)8)17-11-12-18-32(2)20-14-22-34(4)26-28-38-36(6)24-16-30-40(38,9)10/h11-12,17-18,22,25-28,33H,15-16,19,23-24,29-30H2,1-10H3/b12-11+,27-25+,28-26+,31-17+,32-18+,34-22+. The highest BCUT2D eigenvalue weighted by Gasteiger charge is 2.27. The van der Waals surface area contributed by atoms with Crippen molar-refractivity contribution in [1.82, 2.24) is 0 Å². The predicted octanol–water partition coefficient (Wildman–Crippen LogP) is 11.6. The summed E-state index contributed by atoms with van der Waals surface area (Å²) < 4.78 is 0. The average Bonchev–Trinajstić information content (AvgIpc) is 2.85. The molecule has 0 bridgehead atoms. The number of hydrogen-bond donors (Lipinski definition) is 0. The Balaban J connectivity index is 1.87. The summed E-state index contributed by atoms with van der Waals surface area (Å²) in [6.07, 6.45) is 27.9. The van der Waals surface area contributed by atoms with Gasteiger partial charge in [-0.15, -0.1) is 0 Å². The molecule has 1 atom stereocenters. The van der Waals surface area contributed by atoms with E-state index in [1.807, 2.05) is 6.08 Å². The fourth-order valence-electron chi connectivity index (χ4n) is 5.71. The highest BCUT2D eigenvalue weighted by Crippen LogP contribution is 2.41. The van der Waals surface area contributed by atoms with Gasteiger partial charge in [-0.1, -0.05) is 117 Å². The first kappa shape index (κ1) is 33.2. The van der Waals surface area contributed by atoms with Crippen molar-refractivity contribution >= 4 is 0 Å². The predicted molar refractivity (Wildman–Crippen MR) is 179 cm³/mol. The maximum Gasteiger partial charge on any atom is 0.0357 e. The zero-order valence-electron chi connectivity index (χ0n) is 27.2. The second-order valence-electron chi connectivity index (χ2n) is 13.2. The van der Waals surface area contributed by atoms with Crippen LogP contribution >= 0.6 is 0 Å². The van der Waals surface area contributed by atoms with Crippen LogP contribution in [0.25, 0.3) is 0 Å². The van der Waals surface area contributed by atoms with Crippen LogP contribution in [0.4, 0.5) is 0 Å². The van der Waals surface area contributed by atoms with Crippen LogP contribution in [0.5, 0.6) is 0 Å². The molecule has 0 heterocycles. The van der Waals surface area contributed by atoms with Gasteiger partial charge in [0.25, 0.3) is 0 Å². The fourth-order valence-corrected chi connectivity index (χ4v) is 5.71. The van der Waals surface area contributed by atoms with Gasteiger partial charge in [-0.2, -0.15) is 0 Å². The van der Waals surface area contributed by atoms with E-state index < -0.39 is 0 Å². The minimum absolute atomic E-state index is 0.263. The normalized spacial score (nSPS) is 21.1.